The zero-order chi connectivity index (χ0) is 11.1. The number of hydrogen-bond acceptors (Lipinski definition) is 2. The lowest BCUT2D eigenvalue weighted by atomic mass is 9.75. The average Bonchev–Trinajstić information content (AvgIpc) is 2.15. The van der Waals surface area contributed by atoms with Gasteiger partial charge in [-0.3, -0.25) is 4.99 Å². The van der Waals surface area contributed by atoms with Gasteiger partial charge in [0.05, 0.1) is 0 Å². The van der Waals surface area contributed by atoms with Gasteiger partial charge in [-0.1, -0.05) is 13.8 Å². The summed E-state index contributed by atoms with van der Waals surface area (Å²) in [5.41, 5.74) is 3.06. The summed E-state index contributed by atoms with van der Waals surface area (Å²) in [6.07, 6.45) is 4.73. The summed E-state index contributed by atoms with van der Waals surface area (Å²) >= 11 is 0. The van der Waals surface area contributed by atoms with Gasteiger partial charge >= 0.3 is 5.97 Å². The van der Waals surface area contributed by atoms with Gasteiger partial charge in [-0.05, 0) is 36.7 Å². The number of carbonyl (C=O) groups is 1. The van der Waals surface area contributed by atoms with E-state index in [9.17, 15) is 4.79 Å². The third-order valence-electron chi connectivity index (χ3n) is 3.34. The van der Waals surface area contributed by atoms with E-state index in [1.165, 1.54) is 12.0 Å². The molecule has 82 valence electrons. The van der Waals surface area contributed by atoms with Gasteiger partial charge in [0.2, 0.25) is 0 Å². The molecule has 0 amide bonds. The average molecular weight is 207 g/mol. The van der Waals surface area contributed by atoms with Gasteiger partial charge in [-0.15, -0.1) is 0 Å². The fourth-order valence-corrected chi connectivity index (χ4v) is 2.33. The first kappa shape index (κ1) is 10.4. The van der Waals surface area contributed by atoms with Crippen molar-refractivity contribution in [2.75, 3.05) is 0 Å². The minimum Gasteiger partial charge on any atom is -0.477 e. The Morgan fingerprint density at radius 3 is 2.73 bits per heavy atom. The van der Waals surface area contributed by atoms with Crippen LogP contribution >= 0.6 is 0 Å². The quantitative estimate of drug-likeness (QED) is 0.718. The molecule has 0 bridgehead atoms. The van der Waals surface area contributed by atoms with Gasteiger partial charge in [0.25, 0.3) is 0 Å². The number of nitrogens with zero attached hydrogens (tertiary/aromatic N) is 1. The van der Waals surface area contributed by atoms with Crippen LogP contribution in [0.15, 0.2) is 16.3 Å². The summed E-state index contributed by atoms with van der Waals surface area (Å²) in [5, 5.41) is 8.91. The molecule has 0 aromatic rings. The highest BCUT2D eigenvalue weighted by atomic mass is 16.4. The molecule has 0 radical (unpaired) electrons. The fourth-order valence-electron chi connectivity index (χ4n) is 2.33. The van der Waals surface area contributed by atoms with Crippen LogP contribution in [0.4, 0.5) is 0 Å². The third-order valence-corrected chi connectivity index (χ3v) is 3.34. The maximum Gasteiger partial charge on any atom is 0.350 e. The number of aliphatic imine (C=N–C) groups is 1. The van der Waals surface area contributed by atoms with Crippen molar-refractivity contribution in [2.24, 2.45) is 10.4 Å². The number of aliphatic carboxylic acids is 1. The van der Waals surface area contributed by atoms with E-state index in [1.54, 1.807) is 0 Å². The van der Waals surface area contributed by atoms with Gasteiger partial charge in [-0.25, -0.2) is 4.79 Å². The molecule has 1 N–H and O–H groups in total. The van der Waals surface area contributed by atoms with E-state index in [1.807, 2.05) is 0 Å². The molecule has 2 rings (SSSR count). The summed E-state index contributed by atoms with van der Waals surface area (Å²) in [5.74, 6) is -0.857. The predicted octanol–water partition coefficient (Wildman–Crippen LogP) is 2.77. The molecule has 1 aliphatic carbocycles. The van der Waals surface area contributed by atoms with Crippen LogP contribution in [0.5, 0.6) is 0 Å². The van der Waals surface area contributed by atoms with Crippen LogP contribution in [0, 0.1) is 5.41 Å². The first-order valence-electron chi connectivity index (χ1n) is 5.50. The topological polar surface area (TPSA) is 49.7 Å². The second kappa shape index (κ2) is 3.47. The summed E-state index contributed by atoms with van der Waals surface area (Å²) < 4.78 is 0. The normalized spacial score (nSPS) is 24.5. The van der Waals surface area contributed by atoms with Gasteiger partial charge in [0.15, 0.2) is 0 Å². The lowest BCUT2D eigenvalue weighted by molar-refractivity contribution is -0.129. The molecule has 1 heterocycles. The first-order chi connectivity index (χ1) is 6.98. The molecule has 0 saturated heterocycles. The van der Waals surface area contributed by atoms with Gasteiger partial charge < -0.3 is 5.11 Å². The van der Waals surface area contributed by atoms with Crippen molar-refractivity contribution in [1.29, 1.82) is 0 Å². The lowest BCUT2D eigenvalue weighted by Gasteiger charge is -2.33. The van der Waals surface area contributed by atoms with Crippen molar-refractivity contribution in [1.82, 2.24) is 0 Å². The molecule has 0 unspecified atom stereocenters. The zero-order valence-electron chi connectivity index (χ0n) is 9.34. The van der Waals surface area contributed by atoms with Crippen molar-refractivity contribution < 1.29 is 9.90 Å². The molecule has 15 heavy (non-hydrogen) atoms. The minimum absolute atomic E-state index is 0.281. The molecule has 0 spiro atoms. The van der Waals surface area contributed by atoms with Gasteiger partial charge in [0.1, 0.15) is 5.71 Å². The lowest BCUT2D eigenvalue weighted by Crippen LogP contribution is -2.23. The fraction of sp³-hybridized carbons (Fsp3) is 0.667. The van der Waals surface area contributed by atoms with Crippen LogP contribution in [0.1, 0.15) is 46.0 Å². The molecule has 0 aromatic heterocycles. The molecular weight excluding hydrogens is 190 g/mol. The SMILES string of the molecule is CC1(C)CCC2=C(C1)N=C(C(=O)O)CC2. The Balaban J connectivity index is 2.27. The van der Waals surface area contributed by atoms with Crippen molar-refractivity contribution in [3.05, 3.63) is 11.3 Å². The molecule has 2 aliphatic rings. The van der Waals surface area contributed by atoms with Crippen molar-refractivity contribution >= 4 is 11.7 Å². The Hall–Kier alpha value is -1.12. The monoisotopic (exact) mass is 207 g/mol. The second-order valence-electron chi connectivity index (χ2n) is 5.25. The smallest absolute Gasteiger partial charge is 0.350 e. The van der Waals surface area contributed by atoms with Crippen molar-refractivity contribution in [3.63, 3.8) is 0 Å². The number of allylic oxidation sites excluding steroid dienone is 2. The largest absolute Gasteiger partial charge is 0.477 e. The Bertz CT molecular complexity index is 364. The predicted molar refractivity (Wildman–Crippen MR) is 59.0 cm³/mol. The molecule has 0 atom stereocenters. The standard InChI is InChI=1S/C12H17NO2/c1-12(2)6-5-8-3-4-9(11(14)15)13-10(8)7-12/h3-7H2,1-2H3,(H,14,15). The van der Waals surface area contributed by atoms with E-state index in [4.69, 9.17) is 5.11 Å². The van der Waals surface area contributed by atoms with Crippen LogP contribution in [0.3, 0.4) is 0 Å². The van der Waals surface area contributed by atoms with Crippen LogP contribution in [-0.4, -0.2) is 16.8 Å². The Morgan fingerprint density at radius 2 is 2.07 bits per heavy atom. The van der Waals surface area contributed by atoms with Crippen molar-refractivity contribution in [3.8, 4) is 0 Å². The summed E-state index contributed by atoms with van der Waals surface area (Å²) in [7, 11) is 0. The maximum absolute atomic E-state index is 10.8. The van der Waals surface area contributed by atoms with E-state index < -0.39 is 5.97 Å². The van der Waals surface area contributed by atoms with E-state index in [0.29, 0.717) is 12.1 Å². The van der Waals surface area contributed by atoms with E-state index in [2.05, 4.69) is 18.8 Å². The third kappa shape index (κ3) is 2.11. The van der Waals surface area contributed by atoms with Gasteiger partial charge in [-0.2, -0.15) is 0 Å². The highest BCUT2D eigenvalue weighted by molar-refractivity contribution is 6.36. The van der Waals surface area contributed by atoms with E-state index in [0.717, 1.165) is 25.0 Å². The highest BCUT2D eigenvalue weighted by Crippen LogP contribution is 2.42. The molecule has 0 fully saturated rings. The molecule has 0 saturated carbocycles. The number of rotatable bonds is 1. The van der Waals surface area contributed by atoms with E-state index in [-0.39, 0.29) is 5.41 Å². The maximum atomic E-state index is 10.8. The molecule has 0 aromatic carbocycles. The molecule has 1 aliphatic heterocycles. The zero-order valence-corrected chi connectivity index (χ0v) is 9.34. The summed E-state index contributed by atoms with van der Waals surface area (Å²) in [6, 6.07) is 0. The van der Waals surface area contributed by atoms with E-state index >= 15 is 0 Å². The Morgan fingerprint density at radius 1 is 1.33 bits per heavy atom. The van der Waals surface area contributed by atoms with Crippen LogP contribution in [0.2, 0.25) is 0 Å². The number of carboxylic acids is 1. The second-order valence-corrected chi connectivity index (χ2v) is 5.25. The molecule has 3 nitrogen and oxygen atoms in total. The Kier molecular flexibility index (Phi) is 2.41. The summed E-state index contributed by atoms with van der Waals surface area (Å²) in [6.45, 7) is 4.45. The van der Waals surface area contributed by atoms with Crippen LogP contribution in [-0.2, 0) is 4.79 Å². The minimum atomic E-state index is -0.857. The highest BCUT2D eigenvalue weighted by Gasteiger charge is 2.29. The Labute approximate surface area is 89.9 Å². The number of hydrogen-bond donors (Lipinski definition) is 1. The molecular formula is C12H17NO2. The van der Waals surface area contributed by atoms with Crippen LogP contribution < -0.4 is 0 Å². The van der Waals surface area contributed by atoms with Crippen LogP contribution in [0.25, 0.3) is 0 Å². The van der Waals surface area contributed by atoms with Gasteiger partial charge in [0, 0.05) is 12.1 Å². The van der Waals surface area contributed by atoms with Crippen molar-refractivity contribution in [2.45, 2.75) is 46.0 Å². The first-order valence-corrected chi connectivity index (χ1v) is 5.50. The summed E-state index contributed by atoms with van der Waals surface area (Å²) in [4.78, 5) is 15.1. The molecule has 3 heteroatoms. The number of carboxylic acid groups (broad SMARTS) is 1.